The van der Waals surface area contributed by atoms with Crippen LogP contribution in [0, 0.1) is 10.7 Å². The first-order valence-corrected chi connectivity index (χ1v) is 7.33. The van der Waals surface area contributed by atoms with Gasteiger partial charge in [0.05, 0.1) is 10.9 Å². The third-order valence-corrected chi connectivity index (χ3v) is 4.53. The van der Waals surface area contributed by atoms with Gasteiger partial charge in [-0.1, -0.05) is 31.9 Å². The Morgan fingerprint density at radius 1 is 1.26 bits per heavy atom. The normalized spacial score (nSPS) is 23.6. The Kier molecular flexibility index (Phi) is 3.27. The summed E-state index contributed by atoms with van der Waals surface area (Å²) in [6, 6.07) is 7.83. The molecule has 3 nitrogen and oxygen atoms in total. The van der Waals surface area contributed by atoms with E-state index in [2.05, 4.69) is 11.9 Å². The van der Waals surface area contributed by atoms with Crippen LogP contribution < -0.4 is 5.56 Å². The summed E-state index contributed by atoms with van der Waals surface area (Å²) < 4.78 is 2.36. The van der Waals surface area contributed by atoms with Crippen molar-refractivity contribution in [1.29, 1.82) is 0 Å². The molecule has 0 unspecified atom stereocenters. The van der Waals surface area contributed by atoms with Gasteiger partial charge in [-0.15, -0.1) is 0 Å². The van der Waals surface area contributed by atoms with Gasteiger partial charge in [0, 0.05) is 6.04 Å². The highest BCUT2D eigenvalue weighted by Gasteiger charge is 2.25. The van der Waals surface area contributed by atoms with E-state index in [0.29, 0.717) is 10.7 Å². The molecule has 2 aromatic rings. The summed E-state index contributed by atoms with van der Waals surface area (Å²) in [6.45, 7) is 2.22. The van der Waals surface area contributed by atoms with Crippen LogP contribution in [0.1, 0.15) is 38.6 Å². The number of para-hydroxylation sites is 1. The lowest BCUT2D eigenvalue weighted by atomic mass is 9.86. The van der Waals surface area contributed by atoms with Crippen LogP contribution in [0.2, 0.25) is 0 Å². The third-order valence-electron chi connectivity index (χ3n) is 4.23. The van der Waals surface area contributed by atoms with Gasteiger partial charge in [-0.25, -0.2) is 0 Å². The number of fused-ring (bicyclic) bond motifs is 1. The molecule has 1 aliphatic carbocycles. The van der Waals surface area contributed by atoms with E-state index in [-0.39, 0.29) is 11.6 Å². The molecule has 100 valence electrons. The number of rotatable bonds is 1. The van der Waals surface area contributed by atoms with E-state index in [9.17, 15) is 4.79 Å². The van der Waals surface area contributed by atoms with Gasteiger partial charge in [0.15, 0.2) is 4.77 Å². The number of hydrogen-bond acceptors (Lipinski definition) is 2. The van der Waals surface area contributed by atoms with Gasteiger partial charge in [-0.05, 0) is 43.1 Å². The van der Waals surface area contributed by atoms with Crippen LogP contribution in [0.5, 0.6) is 0 Å². The number of hydrogen-bond donors (Lipinski definition) is 1. The van der Waals surface area contributed by atoms with Crippen molar-refractivity contribution in [2.24, 2.45) is 5.92 Å². The van der Waals surface area contributed by atoms with Gasteiger partial charge < -0.3 is 4.98 Å². The zero-order valence-electron chi connectivity index (χ0n) is 11.1. The molecule has 0 spiro atoms. The molecule has 0 aliphatic heterocycles. The number of H-pyrrole nitrogens is 1. The fourth-order valence-electron chi connectivity index (χ4n) is 3.16. The molecule has 1 N–H and O–H groups in total. The smallest absolute Gasteiger partial charge is 0.262 e. The second-order valence-electron chi connectivity index (χ2n) is 5.48. The zero-order chi connectivity index (χ0) is 13.4. The summed E-state index contributed by atoms with van der Waals surface area (Å²) in [5.41, 5.74) is 0.885. The maximum absolute atomic E-state index is 12.7. The largest absolute Gasteiger partial charge is 0.332 e. The van der Waals surface area contributed by atoms with Crippen molar-refractivity contribution in [3.8, 4) is 0 Å². The minimum Gasteiger partial charge on any atom is -0.332 e. The van der Waals surface area contributed by atoms with Crippen LogP contribution in [0.15, 0.2) is 29.1 Å². The molecule has 1 fully saturated rings. The molecule has 1 heterocycles. The molecule has 4 heteroatoms. The van der Waals surface area contributed by atoms with Gasteiger partial charge in [0.25, 0.3) is 5.56 Å². The van der Waals surface area contributed by atoms with Crippen molar-refractivity contribution in [2.45, 2.75) is 38.6 Å². The maximum atomic E-state index is 12.7. The van der Waals surface area contributed by atoms with E-state index in [4.69, 9.17) is 12.2 Å². The summed E-state index contributed by atoms with van der Waals surface area (Å²) in [6.07, 6.45) is 4.68. The number of aromatic amines is 1. The Hall–Kier alpha value is -1.42. The maximum Gasteiger partial charge on any atom is 0.262 e. The van der Waals surface area contributed by atoms with Gasteiger partial charge in [-0.3, -0.25) is 9.36 Å². The van der Waals surface area contributed by atoms with Crippen molar-refractivity contribution in [3.63, 3.8) is 0 Å². The van der Waals surface area contributed by atoms with Crippen molar-refractivity contribution >= 4 is 23.1 Å². The Morgan fingerprint density at radius 3 is 2.79 bits per heavy atom. The van der Waals surface area contributed by atoms with E-state index in [0.717, 1.165) is 17.3 Å². The van der Waals surface area contributed by atoms with E-state index in [1.54, 1.807) is 0 Å². The van der Waals surface area contributed by atoms with Gasteiger partial charge in [0.2, 0.25) is 0 Å². The second kappa shape index (κ2) is 4.93. The van der Waals surface area contributed by atoms with Crippen LogP contribution >= 0.6 is 12.2 Å². The monoisotopic (exact) mass is 274 g/mol. The van der Waals surface area contributed by atoms with E-state index in [1.807, 2.05) is 28.8 Å². The highest BCUT2D eigenvalue weighted by molar-refractivity contribution is 7.71. The summed E-state index contributed by atoms with van der Waals surface area (Å²) in [7, 11) is 0. The molecule has 0 radical (unpaired) electrons. The molecule has 1 aromatic heterocycles. The lowest BCUT2D eigenvalue weighted by molar-refractivity contribution is 0.249. The zero-order valence-corrected chi connectivity index (χ0v) is 11.9. The highest BCUT2D eigenvalue weighted by Crippen LogP contribution is 2.32. The lowest BCUT2D eigenvalue weighted by Crippen LogP contribution is -2.31. The van der Waals surface area contributed by atoms with Crippen LogP contribution in [-0.4, -0.2) is 9.55 Å². The quantitative estimate of drug-likeness (QED) is 0.803. The molecule has 1 aromatic carbocycles. The average Bonchev–Trinajstić information content (AvgIpc) is 2.41. The van der Waals surface area contributed by atoms with Crippen molar-refractivity contribution in [2.75, 3.05) is 0 Å². The van der Waals surface area contributed by atoms with E-state index < -0.39 is 0 Å². The van der Waals surface area contributed by atoms with Crippen LogP contribution in [0.25, 0.3) is 10.9 Å². The standard InChI is InChI=1S/C15H18N2OS/c1-10-6-2-5-9-13(10)17-14(18)11-7-3-4-8-12(11)16-15(17)19/h3-4,7-8,10,13H,2,5-6,9H2,1H3,(H,16,19)/t10-,13-/m1/s1. The molecule has 0 amide bonds. The van der Waals surface area contributed by atoms with Crippen molar-refractivity contribution in [3.05, 3.63) is 39.4 Å². The van der Waals surface area contributed by atoms with E-state index in [1.165, 1.54) is 19.3 Å². The Morgan fingerprint density at radius 2 is 2.00 bits per heavy atom. The Bertz CT molecular complexity index is 716. The molecular formula is C15H18N2OS. The highest BCUT2D eigenvalue weighted by atomic mass is 32.1. The second-order valence-corrected chi connectivity index (χ2v) is 5.87. The predicted molar refractivity (Wildman–Crippen MR) is 80.1 cm³/mol. The first-order valence-electron chi connectivity index (χ1n) is 6.92. The number of aromatic nitrogens is 2. The molecule has 1 saturated carbocycles. The number of nitrogens with one attached hydrogen (secondary N) is 1. The topological polar surface area (TPSA) is 37.8 Å². The first-order chi connectivity index (χ1) is 9.18. The van der Waals surface area contributed by atoms with Crippen molar-refractivity contribution in [1.82, 2.24) is 9.55 Å². The average molecular weight is 274 g/mol. The molecule has 0 bridgehead atoms. The lowest BCUT2D eigenvalue weighted by Gasteiger charge is -2.30. The Labute approximate surface area is 117 Å². The van der Waals surface area contributed by atoms with Crippen LogP contribution in [0.4, 0.5) is 0 Å². The molecule has 2 atom stereocenters. The first kappa shape index (κ1) is 12.6. The number of benzene rings is 1. The third kappa shape index (κ3) is 2.14. The van der Waals surface area contributed by atoms with Gasteiger partial charge in [0.1, 0.15) is 0 Å². The molecule has 0 saturated heterocycles. The Balaban J connectivity index is 2.23. The summed E-state index contributed by atoms with van der Waals surface area (Å²) in [5.74, 6) is 0.516. The molecular weight excluding hydrogens is 256 g/mol. The molecule has 1 aliphatic rings. The minimum absolute atomic E-state index is 0.0538. The predicted octanol–water partition coefficient (Wildman–Crippen LogP) is 3.81. The van der Waals surface area contributed by atoms with Crippen molar-refractivity contribution < 1.29 is 0 Å². The number of nitrogens with zero attached hydrogens (tertiary/aromatic N) is 1. The SMILES string of the molecule is C[C@@H]1CCCC[C@H]1n1c(=S)[nH]c2ccccc2c1=O. The van der Waals surface area contributed by atoms with Crippen LogP contribution in [0.3, 0.4) is 0 Å². The molecule has 19 heavy (non-hydrogen) atoms. The fourth-order valence-corrected chi connectivity index (χ4v) is 3.49. The molecule has 3 rings (SSSR count). The van der Waals surface area contributed by atoms with Gasteiger partial charge in [-0.2, -0.15) is 0 Å². The fraction of sp³-hybridized carbons (Fsp3) is 0.467. The minimum atomic E-state index is 0.0538. The van der Waals surface area contributed by atoms with Gasteiger partial charge >= 0.3 is 0 Å². The summed E-state index contributed by atoms with van der Waals surface area (Å²) in [4.78, 5) is 15.9. The van der Waals surface area contributed by atoms with Crippen LogP contribution in [-0.2, 0) is 0 Å². The van der Waals surface area contributed by atoms with E-state index >= 15 is 0 Å². The summed E-state index contributed by atoms with van der Waals surface area (Å²) >= 11 is 5.41. The summed E-state index contributed by atoms with van der Waals surface area (Å²) in [5, 5.41) is 0.730.